The molecule has 5 nitrogen and oxygen atoms in total. The Morgan fingerprint density at radius 1 is 1.10 bits per heavy atom. The second-order valence-electron chi connectivity index (χ2n) is 7.40. The molecule has 29 heavy (non-hydrogen) atoms. The zero-order valence-electron chi connectivity index (χ0n) is 16.1. The molecule has 4 rings (SSSR count). The molecule has 0 spiro atoms. The predicted octanol–water partition coefficient (Wildman–Crippen LogP) is 4.82. The van der Waals surface area contributed by atoms with Crippen molar-refractivity contribution >= 4 is 33.4 Å². The normalized spacial score (nSPS) is 21.7. The number of benzene rings is 2. The highest BCUT2D eigenvalue weighted by Gasteiger charge is 2.49. The van der Waals surface area contributed by atoms with E-state index in [0.717, 1.165) is 31.2 Å². The fourth-order valence-corrected chi connectivity index (χ4v) is 4.88. The summed E-state index contributed by atoms with van der Waals surface area (Å²) < 4.78 is 5.90. The molecule has 1 aliphatic carbocycles. The zero-order chi connectivity index (χ0) is 20.5. The van der Waals surface area contributed by atoms with Crippen LogP contribution in [0.5, 0.6) is 5.75 Å². The number of carbonyl (C=O) groups is 2. The molecule has 0 radical (unpaired) electrons. The predicted molar refractivity (Wildman–Crippen MR) is 114 cm³/mol. The summed E-state index contributed by atoms with van der Waals surface area (Å²) in [6, 6.07) is 14.0. The molecule has 0 bridgehead atoms. The van der Waals surface area contributed by atoms with Crippen molar-refractivity contribution in [2.45, 2.75) is 37.8 Å². The van der Waals surface area contributed by atoms with Gasteiger partial charge in [-0.15, -0.1) is 0 Å². The Bertz CT molecular complexity index is 980. The van der Waals surface area contributed by atoms with Crippen LogP contribution in [0.15, 0.2) is 58.6 Å². The maximum absolute atomic E-state index is 13.0. The lowest BCUT2D eigenvalue weighted by Gasteiger charge is -2.30. The van der Waals surface area contributed by atoms with Crippen LogP contribution in [0, 0.1) is 0 Å². The summed E-state index contributed by atoms with van der Waals surface area (Å²) in [5.74, 6) is -0.705. The minimum absolute atomic E-state index is 0.0181. The Morgan fingerprint density at radius 3 is 2.41 bits per heavy atom. The lowest BCUT2D eigenvalue weighted by atomic mass is 9.94. The quantitative estimate of drug-likeness (QED) is 0.407. The highest BCUT2D eigenvalue weighted by atomic mass is 79.9. The standard InChI is InChI=1S/C23H22BrNO4/c1-29-18-12-11-15(13-17(18)24)21(26)19-20(14-7-3-2-4-8-14)25(23(28)22(19)27)16-9-5-6-10-16/h2-4,7-8,11-13,16,20,26H,5-6,9-10H2,1H3/b21-19-. The molecule has 0 aromatic heterocycles. The van der Waals surface area contributed by atoms with Crippen LogP contribution >= 0.6 is 15.9 Å². The van der Waals surface area contributed by atoms with E-state index in [1.807, 2.05) is 30.3 Å². The van der Waals surface area contributed by atoms with Gasteiger partial charge in [0.2, 0.25) is 0 Å². The molecule has 1 saturated heterocycles. The Kier molecular flexibility index (Phi) is 5.46. The number of hydrogen-bond acceptors (Lipinski definition) is 4. The monoisotopic (exact) mass is 455 g/mol. The third-order valence-corrected chi connectivity index (χ3v) is 6.36. The van der Waals surface area contributed by atoms with Crippen LogP contribution in [-0.4, -0.2) is 34.8 Å². The van der Waals surface area contributed by atoms with E-state index >= 15 is 0 Å². The molecule has 150 valence electrons. The molecule has 1 saturated carbocycles. The van der Waals surface area contributed by atoms with E-state index in [0.29, 0.717) is 15.8 Å². The summed E-state index contributed by atoms with van der Waals surface area (Å²) in [6.07, 6.45) is 3.84. The number of Topliss-reactive ketones (excluding diaryl/α,β-unsaturated/α-hetero) is 1. The van der Waals surface area contributed by atoms with Gasteiger partial charge in [-0.25, -0.2) is 0 Å². The Labute approximate surface area is 178 Å². The molecule has 1 aliphatic heterocycles. The van der Waals surface area contributed by atoms with Crippen LogP contribution in [0.4, 0.5) is 0 Å². The number of amides is 1. The first-order valence-electron chi connectivity index (χ1n) is 9.72. The number of ketones is 1. The van der Waals surface area contributed by atoms with Crippen LogP contribution in [0.3, 0.4) is 0 Å². The van der Waals surface area contributed by atoms with Crippen molar-refractivity contribution in [3.8, 4) is 5.75 Å². The molecule has 2 aliphatic rings. The summed E-state index contributed by atoms with van der Waals surface area (Å²) >= 11 is 3.42. The lowest BCUT2D eigenvalue weighted by molar-refractivity contribution is -0.141. The Balaban J connectivity index is 1.87. The number of rotatable bonds is 4. The van der Waals surface area contributed by atoms with Gasteiger partial charge in [0, 0.05) is 11.6 Å². The van der Waals surface area contributed by atoms with Crippen molar-refractivity contribution in [2.75, 3.05) is 7.11 Å². The van der Waals surface area contributed by atoms with E-state index < -0.39 is 17.7 Å². The number of halogens is 1. The van der Waals surface area contributed by atoms with E-state index in [2.05, 4.69) is 15.9 Å². The number of ether oxygens (including phenoxy) is 1. The average molecular weight is 456 g/mol. The van der Waals surface area contributed by atoms with Gasteiger partial charge in [-0.3, -0.25) is 9.59 Å². The molecule has 1 amide bonds. The van der Waals surface area contributed by atoms with Crippen LogP contribution in [0.2, 0.25) is 0 Å². The van der Waals surface area contributed by atoms with Crippen LogP contribution in [0.25, 0.3) is 5.76 Å². The van der Waals surface area contributed by atoms with Gasteiger partial charge < -0.3 is 14.7 Å². The third kappa shape index (κ3) is 3.46. The molecular formula is C23H22BrNO4. The summed E-state index contributed by atoms with van der Waals surface area (Å²) in [5, 5.41) is 11.1. The number of hydrogen-bond donors (Lipinski definition) is 1. The smallest absolute Gasteiger partial charge is 0.295 e. The first kappa shape index (κ1) is 19.7. The SMILES string of the molecule is COc1ccc(/C(O)=C2/C(=O)C(=O)N(C3CCCC3)C2c2ccccc2)cc1Br. The van der Waals surface area contributed by atoms with Crippen LogP contribution in [-0.2, 0) is 9.59 Å². The second kappa shape index (κ2) is 8.03. The maximum atomic E-state index is 13.0. The van der Waals surface area contributed by atoms with Gasteiger partial charge in [-0.2, -0.15) is 0 Å². The molecule has 2 aromatic carbocycles. The van der Waals surface area contributed by atoms with E-state index in [1.54, 1.807) is 30.2 Å². The number of nitrogens with zero attached hydrogens (tertiary/aromatic N) is 1. The summed E-state index contributed by atoms with van der Waals surface area (Å²) in [6.45, 7) is 0. The zero-order valence-corrected chi connectivity index (χ0v) is 17.7. The van der Waals surface area contributed by atoms with Crippen LogP contribution in [0.1, 0.15) is 42.9 Å². The summed E-state index contributed by atoms with van der Waals surface area (Å²) in [5.41, 5.74) is 1.43. The lowest BCUT2D eigenvalue weighted by Crippen LogP contribution is -2.37. The van der Waals surface area contributed by atoms with Gasteiger partial charge in [-0.05, 0) is 52.5 Å². The first-order valence-corrected chi connectivity index (χ1v) is 10.5. The molecule has 1 heterocycles. The molecule has 2 aromatic rings. The maximum Gasteiger partial charge on any atom is 0.295 e. The number of methoxy groups -OCH3 is 1. The van der Waals surface area contributed by atoms with E-state index in [1.165, 1.54) is 0 Å². The fraction of sp³-hybridized carbons (Fsp3) is 0.304. The highest BCUT2D eigenvalue weighted by molar-refractivity contribution is 9.10. The fourth-order valence-electron chi connectivity index (χ4n) is 4.34. The number of likely N-dealkylation sites (tertiary alicyclic amines) is 1. The van der Waals surface area contributed by atoms with Gasteiger partial charge in [0.25, 0.3) is 11.7 Å². The number of carbonyl (C=O) groups excluding carboxylic acids is 2. The van der Waals surface area contributed by atoms with Crippen molar-refractivity contribution in [1.82, 2.24) is 4.90 Å². The highest BCUT2D eigenvalue weighted by Crippen LogP contribution is 2.43. The molecule has 2 fully saturated rings. The Morgan fingerprint density at radius 2 is 1.79 bits per heavy atom. The molecule has 1 unspecified atom stereocenters. The topological polar surface area (TPSA) is 66.8 Å². The Hall–Kier alpha value is -2.60. The van der Waals surface area contributed by atoms with Gasteiger partial charge in [0.05, 0.1) is 23.2 Å². The molecular weight excluding hydrogens is 434 g/mol. The van der Waals surface area contributed by atoms with Crippen LogP contribution < -0.4 is 4.74 Å². The van der Waals surface area contributed by atoms with Crippen molar-refractivity contribution in [3.05, 3.63) is 69.7 Å². The van der Waals surface area contributed by atoms with E-state index in [9.17, 15) is 14.7 Å². The third-order valence-electron chi connectivity index (χ3n) is 5.74. The first-order chi connectivity index (χ1) is 14.0. The minimum Gasteiger partial charge on any atom is -0.507 e. The minimum atomic E-state index is -0.629. The largest absolute Gasteiger partial charge is 0.507 e. The molecule has 1 atom stereocenters. The van der Waals surface area contributed by atoms with E-state index in [-0.39, 0.29) is 17.4 Å². The summed E-state index contributed by atoms with van der Waals surface area (Å²) in [4.78, 5) is 27.7. The van der Waals surface area contributed by atoms with Gasteiger partial charge >= 0.3 is 0 Å². The van der Waals surface area contributed by atoms with Gasteiger partial charge in [-0.1, -0.05) is 43.2 Å². The summed E-state index contributed by atoms with van der Waals surface area (Å²) in [7, 11) is 1.56. The van der Waals surface area contributed by atoms with E-state index in [4.69, 9.17) is 4.74 Å². The molecule has 1 N–H and O–H groups in total. The van der Waals surface area contributed by atoms with Gasteiger partial charge in [0.15, 0.2) is 0 Å². The van der Waals surface area contributed by atoms with Crippen molar-refractivity contribution < 1.29 is 19.4 Å². The number of aliphatic hydroxyl groups is 1. The second-order valence-corrected chi connectivity index (χ2v) is 8.26. The average Bonchev–Trinajstić information content (AvgIpc) is 3.35. The van der Waals surface area contributed by atoms with Crippen molar-refractivity contribution in [2.24, 2.45) is 0 Å². The van der Waals surface area contributed by atoms with Crippen molar-refractivity contribution in [1.29, 1.82) is 0 Å². The number of aliphatic hydroxyl groups excluding tert-OH is 1. The molecule has 6 heteroatoms. The van der Waals surface area contributed by atoms with Crippen molar-refractivity contribution in [3.63, 3.8) is 0 Å². The van der Waals surface area contributed by atoms with Gasteiger partial charge in [0.1, 0.15) is 11.5 Å².